The number of halogens is 3. The van der Waals surface area contributed by atoms with Crippen molar-refractivity contribution < 1.29 is 18.7 Å². The molecule has 1 unspecified atom stereocenters. The first-order chi connectivity index (χ1) is 8.93. The van der Waals surface area contributed by atoms with Crippen LogP contribution < -0.4 is 4.90 Å². The lowest BCUT2D eigenvalue weighted by molar-refractivity contribution is -0.117. The van der Waals surface area contributed by atoms with Crippen LogP contribution in [-0.4, -0.2) is 30.4 Å². The molecule has 1 heterocycles. The lowest BCUT2D eigenvalue weighted by atomic mass is 10.1. The molecule has 7 heteroatoms. The van der Waals surface area contributed by atoms with Crippen LogP contribution in [0.3, 0.4) is 0 Å². The third-order valence-corrected chi connectivity index (χ3v) is 3.86. The van der Waals surface area contributed by atoms with E-state index in [1.54, 1.807) is 0 Å². The zero-order chi connectivity index (χ0) is 14.2. The van der Waals surface area contributed by atoms with Crippen molar-refractivity contribution in [2.45, 2.75) is 11.2 Å². The molecule has 0 spiro atoms. The summed E-state index contributed by atoms with van der Waals surface area (Å²) in [5.74, 6) is -1.71. The van der Waals surface area contributed by atoms with Crippen molar-refractivity contribution in [3.05, 3.63) is 28.0 Å². The molecule has 0 aliphatic carbocycles. The van der Waals surface area contributed by atoms with Gasteiger partial charge in [-0.2, -0.15) is 0 Å². The number of alkyl halides is 1. The summed E-state index contributed by atoms with van der Waals surface area (Å²) in [5.41, 5.74) is -0.112. The highest BCUT2D eigenvalue weighted by Gasteiger charge is 2.32. The maximum absolute atomic E-state index is 14.3. The Hall–Kier alpha value is -0.950. The number of benzene rings is 1. The summed E-state index contributed by atoms with van der Waals surface area (Å²) in [4.78, 5) is 24.6. The summed E-state index contributed by atoms with van der Waals surface area (Å²) in [6.45, 7) is 0.368. The first-order valence-corrected chi connectivity index (χ1v) is 7.16. The van der Waals surface area contributed by atoms with Gasteiger partial charge in [0.05, 0.1) is 18.4 Å². The molecule has 102 valence electrons. The predicted molar refractivity (Wildman–Crippen MR) is 75.1 cm³/mol. The van der Waals surface area contributed by atoms with Crippen LogP contribution in [0.4, 0.5) is 10.1 Å². The minimum atomic E-state index is -0.776. The fourth-order valence-corrected chi connectivity index (χ4v) is 2.94. The van der Waals surface area contributed by atoms with Crippen LogP contribution >= 0.6 is 31.9 Å². The second kappa shape index (κ2) is 5.58. The van der Waals surface area contributed by atoms with Gasteiger partial charge in [-0.25, -0.2) is 9.18 Å². The zero-order valence-corrected chi connectivity index (χ0v) is 13.1. The van der Waals surface area contributed by atoms with Crippen molar-refractivity contribution in [3.8, 4) is 0 Å². The summed E-state index contributed by atoms with van der Waals surface area (Å²) in [7, 11) is 1.18. The van der Waals surface area contributed by atoms with Gasteiger partial charge in [-0.05, 0) is 12.1 Å². The molecule has 4 nitrogen and oxygen atoms in total. The minimum absolute atomic E-state index is 0.0139. The number of anilines is 1. The number of carbonyl (C=O) groups excluding carboxylic acids is 2. The average Bonchev–Trinajstić information content (AvgIpc) is 2.70. The Labute approximate surface area is 126 Å². The Kier molecular flexibility index (Phi) is 4.25. The topological polar surface area (TPSA) is 46.6 Å². The van der Waals surface area contributed by atoms with Gasteiger partial charge in [-0.15, -0.1) is 0 Å². The summed E-state index contributed by atoms with van der Waals surface area (Å²) >= 11 is 6.53. The highest BCUT2D eigenvalue weighted by Crippen LogP contribution is 2.32. The average molecular weight is 395 g/mol. The fourth-order valence-electron chi connectivity index (χ4n) is 1.93. The van der Waals surface area contributed by atoms with E-state index in [4.69, 9.17) is 0 Å². The summed E-state index contributed by atoms with van der Waals surface area (Å²) in [6, 6.07) is 2.81. The first kappa shape index (κ1) is 14.5. The van der Waals surface area contributed by atoms with E-state index in [9.17, 15) is 14.0 Å². The molecule has 1 aromatic carbocycles. The quantitative estimate of drug-likeness (QED) is 0.572. The van der Waals surface area contributed by atoms with Crippen LogP contribution in [-0.2, 0) is 9.53 Å². The van der Waals surface area contributed by atoms with Gasteiger partial charge in [-0.3, -0.25) is 4.79 Å². The highest BCUT2D eigenvalue weighted by atomic mass is 79.9. The van der Waals surface area contributed by atoms with Gasteiger partial charge in [0.25, 0.3) is 0 Å². The van der Waals surface area contributed by atoms with Gasteiger partial charge < -0.3 is 9.64 Å². The van der Waals surface area contributed by atoms with Crippen molar-refractivity contribution in [1.82, 2.24) is 0 Å². The Balaban J connectivity index is 2.49. The van der Waals surface area contributed by atoms with Gasteiger partial charge in [0.2, 0.25) is 5.91 Å². The van der Waals surface area contributed by atoms with Crippen molar-refractivity contribution in [2.75, 3.05) is 18.6 Å². The van der Waals surface area contributed by atoms with E-state index in [0.717, 1.165) is 0 Å². The third-order valence-electron chi connectivity index (χ3n) is 2.79. The number of rotatable bonds is 2. The Morgan fingerprint density at radius 3 is 2.74 bits per heavy atom. The fraction of sp³-hybridized carbons (Fsp3) is 0.333. The molecular weight excluding hydrogens is 385 g/mol. The van der Waals surface area contributed by atoms with E-state index in [1.165, 1.54) is 24.1 Å². The van der Waals surface area contributed by atoms with Crippen LogP contribution in [0.2, 0.25) is 0 Å². The summed E-state index contributed by atoms with van der Waals surface area (Å²) in [6.07, 6.45) is 0.305. The van der Waals surface area contributed by atoms with E-state index in [-0.39, 0.29) is 22.0 Å². The van der Waals surface area contributed by atoms with E-state index < -0.39 is 11.8 Å². The van der Waals surface area contributed by atoms with Crippen molar-refractivity contribution in [2.24, 2.45) is 0 Å². The SMILES string of the molecule is COC(=O)c1cc(Br)cc(N2CC(Br)CC2=O)c1F. The van der Waals surface area contributed by atoms with Crippen LogP contribution in [0.25, 0.3) is 0 Å². The monoisotopic (exact) mass is 393 g/mol. The number of hydrogen-bond donors (Lipinski definition) is 0. The van der Waals surface area contributed by atoms with Crippen LogP contribution in [0.1, 0.15) is 16.8 Å². The lowest BCUT2D eigenvalue weighted by Crippen LogP contribution is -2.26. The molecule has 1 amide bonds. The van der Waals surface area contributed by atoms with Crippen LogP contribution in [0.15, 0.2) is 16.6 Å². The number of esters is 1. The molecule has 2 rings (SSSR count). The highest BCUT2D eigenvalue weighted by molar-refractivity contribution is 9.10. The number of hydrogen-bond acceptors (Lipinski definition) is 3. The van der Waals surface area contributed by atoms with Gasteiger partial charge in [0.1, 0.15) is 0 Å². The van der Waals surface area contributed by atoms with Gasteiger partial charge in [0, 0.05) is 22.3 Å². The molecular formula is C12H10Br2FNO3. The van der Waals surface area contributed by atoms with E-state index in [2.05, 4.69) is 36.6 Å². The standard InChI is InChI=1S/C12H10Br2FNO3/c1-19-12(18)8-2-6(13)3-9(11(8)15)16-5-7(14)4-10(16)17/h2-3,7H,4-5H2,1H3. The normalized spacial score (nSPS) is 18.8. The van der Waals surface area contributed by atoms with E-state index in [0.29, 0.717) is 17.4 Å². The Morgan fingerprint density at radius 2 is 2.21 bits per heavy atom. The Bertz CT molecular complexity index is 550. The molecule has 1 aliphatic heterocycles. The molecule has 0 N–H and O–H groups in total. The van der Waals surface area contributed by atoms with Crippen molar-refractivity contribution >= 4 is 49.4 Å². The maximum atomic E-state index is 14.3. The molecule has 0 bridgehead atoms. The van der Waals surface area contributed by atoms with E-state index in [1.807, 2.05) is 0 Å². The predicted octanol–water partition coefficient (Wildman–Crippen LogP) is 2.88. The molecule has 0 aromatic heterocycles. The number of methoxy groups -OCH3 is 1. The van der Waals surface area contributed by atoms with Gasteiger partial charge >= 0.3 is 5.97 Å². The first-order valence-electron chi connectivity index (χ1n) is 5.45. The van der Waals surface area contributed by atoms with Crippen LogP contribution in [0.5, 0.6) is 0 Å². The largest absolute Gasteiger partial charge is 0.465 e. The maximum Gasteiger partial charge on any atom is 0.340 e. The van der Waals surface area contributed by atoms with Gasteiger partial charge in [0.15, 0.2) is 5.82 Å². The molecule has 1 fully saturated rings. The summed E-state index contributed by atoms with van der Waals surface area (Å²) in [5, 5.41) is 0. The lowest BCUT2D eigenvalue weighted by Gasteiger charge is -2.18. The molecule has 19 heavy (non-hydrogen) atoms. The van der Waals surface area contributed by atoms with Gasteiger partial charge in [-0.1, -0.05) is 31.9 Å². The second-order valence-corrected chi connectivity index (χ2v) is 6.29. The number of amides is 1. The summed E-state index contributed by atoms with van der Waals surface area (Å²) < 4.78 is 19.3. The van der Waals surface area contributed by atoms with Crippen LogP contribution in [0, 0.1) is 5.82 Å². The van der Waals surface area contributed by atoms with Crippen molar-refractivity contribution in [1.29, 1.82) is 0 Å². The smallest absolute Gasteiger partial charge is 0.340 e. The van der Waals surface area contributed by atoms with E-state index >= 15 is 0 Å². The minimum Gasteiger partial charge on any atom is -0.465 e. The molecule has 0 saturated carbocycles. The zero-order valence-electron chi connectivity index (χ0n) is 9.95. The number of ether oxygens (including phenoxy) is 1. The molecule has 1 saturated heterocycles. The second-order valence-electron chi connectivity index (χ2n) is 4.08. The third kappa shape index (κ3) is 2.81. The molecule has 0 radical (unpaired) electrons. The van der Waals surface area contributed by atoms with Crippen molar-refractivity contribution in [3.63, 3.8) is 0 Å². The Morgan fingerprint density at radius 1 is 1.53 bits per heavy atom. The molecule has 1 atom stereocenters. The number of carbonyl (C=O) groups is 2. The molecule has 1 aliphatic rings. The molecule has 1 aromatic rings. The number of nitrogens with zero attached hydrogens (tertiary/aromatic N) is 1.